The second-order valence-corrected chi connectivity index (χ2v) is 10.4. The van der Waals surface area contributed by atoms with Gasteiger partial charge in [-0.2, -0.15) is 0 Å². The molecule has 3 aromatic heterocycles. The van der Waals surface area contributed by atoms with Gasteiger partial charge in [0.25, 0.3) is 0 Å². The van der Waals surface area contributed by atoms with E-state index in [0.717, 1.165) is 27.4 Å². The Morgan fingerprint density at radius 3 is 2.88 bits per heavy atom. The van der Waals surface area contributed by atoms with Crippen molar-refractivity contribution in [2.24, 2.45) is 0 Å². The number of nitrogens with one attached hydrogen (secondary N) is 2. The molecule has 1 unspecified atom stereocenters. The number of carbonyl (C=O) groups excluding carboxylic acids is 2. The molecule has 1 fully saturated rings. The first-order chi connectivity index (χ1) is 15.7. The van der Waals surface area contributed by atoms with Gasteiger partial charge in [-0.15, -0.1) is 0 Å². The molecule has 1 atom stereocenters. The van der Waals surface area contributed by atoms with Crippen molar-refractivity contribution in [2.45, 2.75) is 30.6 Å². The van der Waals surface area contributed by atoms with Gasteiger partial charge >= 0.3 is 193 Å². The van der Waals surface area contributed by atoms with Crippen molar-refractivity contribution in [3.8, 4) is 11.3 Å². The van der Waals surface area contributed by atoms with Crippen LogP contribution >= 0.6 is 0 Å². The van der Waals surface area contributed by atoms with Crippen LogP contribution in [0.25, 0.3) is 22.2 Å². The van der Waals surface area contributed by atoms with Crippen LogP contribution in [0.1, 0.15) is 18.5 Å². The van der Waals surface area contributed by atoms with E-state index in [-0.39, 0.29) is 22.5 Å². The molecule has 0 spiro atoms. The summed E-state index contributed by atoms with van der Waals surface area (Å²) in [6.07, 6.45) is -0.517. The molecule has 1 aliphatic rings. The second kappa shape index (κ2) is 9.48. The number of halogens is 3. The summed E-state index contributed by atoms with van der Waals surface area (Å²) in [6.45, 7) is 2.19. The average Bonchev–Trinajstić information content (AvgIpc) is 3.16. The van der Waals surface area contributed by atoms with Gasteiger partial charge in [0.15, 0.2) is 0 Å². The number of hydrogen-bond donors (Lipinski definition) is 2. The SMILES string of the molecule is Cc1cc(-c2n[nH]c3cc(NC(=O)[As]C4CCCN(OC(=O)C(F)(F)F)C4)ncc23)ccn1. The summed E-state index contributed by atoms with van der Waals surface area (Å²) in [7, 11) is 0. The normalized spacial score (nSPS) is 17.5. The second-order valence-electron chi connectivity index (χ2n) is 7.49. The first-order valence-corrected chi connectivity index (χ1v) is 12.0. The Balaban J connectivity index is 1.37. The van der Waals surface area contributed by atoms with Crippen LogP contribution in [0.5, 0.6) is 0 Å². The number of nitrogens with zero attached hydrogens (tertiary/aromatic N) is 4. The maximum absolute atomic E-state index is 12.5. The zero-order valence-corrected chi connectivity index (χ0v) is 19.3. The zero-order valence-electron chi connectivity index (χ0n) is 17.4. The number of anilines is 1. The number of aryl methyl sites for hydroxylation is 1. The number of amides is 1. The fraction of sp³-hybridized carbons (Fsp3) is 0.350. The third-order valence-electron chi connectivity index (χ3n) is 4.95. The van der Waals surface area contributed by atoms with Crippen molar-refractivity contribution in [3.05, 3.63) is 36.3 Å². The van der Waals surface area contributed by atoms with Crippen LogP contribution in [0.2, 0.25) is 4.71 Å². The first-order valence-electron chi connectivity index (χ1n) is 10.0. The Morgan fingerprint density at radius 1 is 1.30 bits per heavy atom. The predicted molar refractivity (Wildman–Crippen MR) is 113 cm³/mol. The predicted octanol–water partition coefficient (Wildman–Crippen LogP) is 3.47. The standard InChI is InChI=1S/C20H19AsF3N6O3/c1-11-7-12(4-5-25-11)17-14-9-26-16(8-15(14)28-29-17)27-19(32)21-13-3-2-6-30(10-13)33-18(31)20(22,23)24/h4-5,7-9,13H,2-3,6,10H2,1H3,(H,28,29)(H,26,27,32). The molecule has 3 aromatic rings. The van der Waals surface area contributed by atoms with Gasteiger partial charge in [-0.25, -0.2) is 0 Å². The summed E-state index contributed by atoms with van der Waals surface area (Å²) in [4.78, 5) is 36.4. The van der Waals surface area contributed by atoms with Gasteiger partial charge in [-0.1, -0.05) is 0 Å². The van der Waals surface area contributed by atoms with Gasteiger partial charge < -0.3 is 0 Å². The minimum absolute atomic E-state index is 0.0942. The number of hydroxylamine groups is 2. The molecule has 4 rings (SSSR count). The summed E-state index contributed by atoms with van der Waals surface area (Å²) in [6, 6.07) is 5.44. The summed E-state index contributed by atoms with van der Waals surface area (Å²) in [5.74, 6) is -1.90. The molecular formula is C20H19AsF3N6O3. The Morgan fingerprint density at radius 2 is 2.12 bits per heavy atom. The average molecular weight is 523 g/mol. The number of hydrogen-bond acceptors (Lipinski definition) is 7. The molecule has 0 aromatic carbocycles. The molecule has 173 valence electrons. The van der Waals surface area contributed by atoms with Gasteiger partial charge in [0.2, 0.25) is 0 Å². The summed E-state index contributed by atoms with van der Waals surface area (Å²) in [5.41, 5.74) is 3.18. The maximum atomic E-state index is 12.5. The van der Waals surface area contributed by atoms with Crippen molar-refractivity contribution >= 4 is 43.1 Å². The van der Waals surface area contributed by atoms with E-state index < -0.39 is 27.9 Å². The molecule has 0 bridgehead atoms. The number of alkyl halides is 3. The van der Waals surface area contributed by atoms with Crippen molar-refractivity contribution in [1.29, 1.82) is 0 Å². The van der Waals surface area contributed by atoms with Gasteiger partial charge in [0.1, 0.15) is 0 Å². The fourth-order valence-corrected chi connectivity index (χ4v) is 5.76. The van der Waals surface area contributed by atoms with Crippen LogP contribution in [0.15, 0.2) is 30.6 Å². The van der Waals surface area contributed by atoms with E-state index in [2.05, 4.69) is 30.3 Å². The summed E-state index contributed by atoms with van der Waals surface area (Å²) < 4.78 is 36.8. The van der Waals surface area contributed by atoms with Crippen LogP contribution in [0, 0.1) is 6.92 Å². The van der Waals surface area contributed by atoms with E-state index in [1.807, 2.05) is 19.1 Å². The van der Waals surface area contributed by atoms with Crippen molar-refractivity contribution in [2.75, 3.05) is 18.4 Å². The quantitative estimate of drug-likeness (QED) is 0.493. The molecule has 1 saturated heterocycles. The van der Waals surface area contributed by atoms with E-state index in [0.29, 0.717) is 24.2 Å². The Kier molecular flexibility index (Phi) is 6.66. The van der Waals surface area contributed by atoms with Crippen LogP contribution in [-0.2, 0) is 9.63 Å². The Bertz CT molecular complexity index is 1190. The minimum atomic E-state index is -5.05. The molecule has 1 radical (unpaired) electrons. The van der Waals surface area contributed by atoms with E-state index in [1.165, 1.54) is 0 Å². The molecular weight excluding hydrogens is 504 g/mol. The number of aromatic nitrogens is 4. The van der Waals surface area contributed by atoms with Gasteiger partial charge in [-0.05, 0) is 0 Å². The van der Waals surface area contributed by atoms with E-state index in [9.17, 15) is 22.8 Å². The zero-order chi connectivity index (χ0) is 23.6. The van der Waals surface area contributed by atoms with E-state index in [4.69, 9.17) is 0 Å². The number of piperidine rings is 1. The Labute approximate surface area is 192 Å². The molecule has 13 heteroatoms. The van der Waals surface area contributed by atoms with Crippen LogP contribution in [0.4, 0.5) is 23.8 Å². The summed E-state index contributed by atoms with van der Waals surface area (Å²) in [5, 5.41) is 11.8. The molecule has 0 saturated carbocycles. The monoisotopic (exact) mass is 523 g/mol. The van der Waals surface area contributed by atoms with Crippen molar-refractivity contribution in [1.82, 2.24) is 25.2 Å². The summed E-state index contributed by atoms with van der Waals surface area (Å²) >= 11 is -0.914. The first kappa shape index (κ1) is 23.2. The van der Waals surface area contributed by atoms with Gasteiger partial charge in [0, 0.05) is 0 Å². The Hall–Kier alpha value is -2.98. The third-order valence-corrected chi connectivity index (χ3v) is 7.33. The third kappa shape index (κ3) is 5.69. The molecule has 1 amide bonds. The topological polar surface area (TPSA) is 113 Å². The number of pyridine rings is 2. The van der Waals surface area contributed by atoms with Crippen LogP contribution in [-0.4, -0.2) is 70.9 Å². The molecule has 0 aliphatic carbocycles. The molecule has 33 heavy (non-hydrogen) atoms. The van der Waals surface area contributed by atoms with Crippen molar-refractivity contribution < 1.29 is 27.6 Å². The number of fused-ring (bicyclic) bond motifs is 1. The van der Waals surface area contributed by atoms with Gasteiger partial charge in [-0.3, -0.25) is 0 Å². The van der Waals surface area contributed by atoms with Crippen molar-refractivity contribution in [3.63, 3.8) is 0 Å². The number of aromatic amines is 1. The van der Waals surface area contributed by atoms with E-state index >= 15 is 0 Å². The molecule has 4 heterocycles. The fourth-order valence-electron chi connectivity index (χ4n) is 3.48. The number of carbonyl (C=O) groups is 2. The number of H-pyrrole nitrogens is 1. The number of rotatable bonds is 5. The van der Waals surface area contributed by atoms with Crippen LogP contribution < -0.4 is 5.32 Å². The molecule has 1 aliphatic heterocycles. The van der Waals surface area contributed by atoms with Crippen LogP contribution in [0.3, 0.4) is 0 Å². The van der Waals surface area contributed by atoms with Gasteiger partial charge in [0.05, 0.1) is 0 Å². The van der Waals surface area contributed by atoms with E-state index in [1.54, 1.807) is 18.5 Å². The molecule has 2 N–H and O–H groups in total. The molecule has 9 nitrogen and oxygen atoms in total.